The van der Waals surface area contributed by atoms with E-state index in [2.05, 4.69) is 4.98 Å². The Morgan fingerprint density at radius 2 is 1.84 bits per heavy atom. The van der Waals surface area contributed by atoms with Crippen molar-refractivity contribution in [1.82, 2.24) is 9.88 Å². The number of carbonyl (C=O) groups excluding carboxylic acids is 2. The zero-order valence-electron chi connectivity index (χ0n) is 20.8. The van der Waals surface area contributed by atoms with Gasteiger partial charge in [-0.2, -0.15) is 0 Å². The van der Waals surface area contributed by atoms with E-state index in [-0.39, 0.29) is 29.1 Å². The first kappa shape index (κ1) is 24.8. The maximum atomic E-state index is 13.3. The summed E-state index contributed by atoms with van der Waals surface area (Å²) in [6.45, 7) is 1.98. The maximum Gasteiger partial charge on any atom is 0.295 e. The normalized spacial score (nSPS) is 16.8. The van der Waals surface area contributed by atoms with Gasteiger partial charge < -0.3 is 19.7 Å². The number of H-pyrrole nitrogens is 1. The molecule has 0 bridgehead atoms. The van der Waals surface area contributed by atoms with Crippen LogP contribution >= 0.6 is 0 Å². The summed E-state index contributed by atoms with van der Waals surface area (Å²) in [6.07, 6.45) is 2.19. The first-order chi connectivity index (χ1) is 18.3. The molecule has 9 heteroatoms. The van der Waals surface area contributed by atoms with Gasteiger partial charge in [0.15, 0.2) is 0 Å². The number of methoxy groups -OCH3 is 1. The number of nitrogens with one attached hydrogen (secondary N) is 1. The number of aromatic nitrogens is 1. The summed E-state index contributed by atoms with van der Waals surface area (Å²) < 4.78 is 5.34. The molecule has 0 spiro atoms. The zero-order valence-corrected chi connectivity index (χ0v) is 20.8. The summed E-state index contributed by atoms with van der Waals surface area (Å²) in [4.78, 5) is 42.5. The van der Waals surface area contributed by atoms with Crippen LogP contribution < -0.4 is 4.74 Å². The fourth-order valence-electron chi connectivity index (χ4n) is 4.92. The van der Waals surface area contributed by atoms with Crippen LogP contribution in [-0.2, 0) is 16.0 Å². The number of benzene rings is 3. The summed E-state index contributed by atoms with van der Waals surface area (Å²) >= 11 is 0. The Bertz CT molecular complexity index is 1600. The molecule has 1 amide bonds. The number of para-hydroxylation sites is 1. The highest BCUT2D eigenvalue weighted by molar-refractivity contribution is 6.46. The number of nitro benzene ring substituents is 1. The molecule has 1 aliphatic heterocycles. The van der Waals surface area contributed by atoms with Crippen LogP contribution in [0.4, 0.5) is 5.69 Å². The third kappa shape index (κ3) is 4.28. The first-order valence-electron chi connectivity index (χ1n) is 12.0. The molecule has 1 fully saturated rings. The van der Waals surface area contributed by atoms with Gasteiger partial charge in [0.1, 0.15) is 11.5 Å². The van der Waals surface area contributed by atoms with Gasteiger partial charge in [0.25, 0.3) is 17.4 Å². The van der Waals surface area contributed by atoms with E-state index in [9.17, 15) is 24.8 Å². The van der Waals surface area contributed by atoms with Gasteiger partial charge in [-0.3, -0.25) is 19.7 Å². The Hall–Kier alpha value is -4.92. The van der Waals surface area contributed by atoms with Crippen molar-refractivity contribution in [3.63, 3.8) is 0 Å². The zero-order chi connectivity index (χ0) is 27.0. The molecule has 1 atom stereocenters. The third-order valence-corrected chi connectivity index (χ3v) is 6.89. The topological polar surface area (TPSA) is 126 Å². The van der Waals surface area contributed by atoms with E-state index >= 15 is 0 Å². The number of aromatic amines is 1. The van der Waals surface area contributed by atoms with Crippen LogP contribution in [0.3, 0.4) is 0 Å². The molecule has 38 heavy (non-hydrogen) atoms. The number of hydrogen-bond acceptors (Lipinski definition) is 6. The number of aliphatic hydroxyl groups excluding tert-OH is 1. The number of nitrogens with zero attached hydrogens (tertiary/aromatic N) is 2. The highest BCUT2D eigenvalue weighted by Gasteiger charge is 2.47. The standard InChI is InChI=1S/C29H25N3O6/c1-17-7-9-18(10-8-17)27(33)25-26(21-5-3-4-6-24(21)32(36)37)31(29(35)28(25)34)14-13-19-16-30-23-12-11-20(38-2)15-22(19)23/h3-12,15-16,26,30,33H,13-14H2,1-2H3/t26-/m0/s1. The van der Waals surface area contributed by atoms with E-state index in [0.717, 1.165) is 22.0 Å². The highest BCUT2D eigenvalue weighted by atomic mass is 16.6. The van der Waals surface area contributed by atoms with E-state index in [1.807, 2.05) is 31.3 Å². The fraction of sp³-hybridized carbons (Fsp3) is 0.172. The van der Waals surface area contributed by atoms with Crippen molar-refractivity contribution < 1.29 is 24.4 Å². The number of hydrogen-bond donors (Lipinski definition) is 2. The first-order valence-corrected chi connectivity index (χ1v) is 12.0. The van der Waals surface area contributed by atoms with Crippen LogP contribution in [0, 0.1) is 17.0 Å². The number of amides is 1. The van der Waals surface area contributed by atoms with Crippen LogP contribution in [0.5, 0.6) is 5.75 Å². The van der Waals surface area contributed by atoms with E-state index in [1.165, 1.54) is 23.1 Å². The summed E-state index contributed by atoms with van der Waals surface area (Å²) in [7, 11) is 1.58. The van der Waals surface area contributed by atoms with E-state index in [0.29, 0.717) is 17.7 Å². The second-order valence-corrected chi connectivity index (χ2v) is 9.15. The van der Waals surface area contributed by atoms with E-state index < -0.39 is 22.7 Å². The number of rotatable bonds is 7. The van der Waals surface area contributed by atoms with E-state index in [4.69, 9.17) is 4.74 Å². The minimum Gasteiger partial charge on any atom is -0.507 e. The van der Waals surface area contributed by atoms with Crippen molar-refractivity contribution in [2.45, 2.75) is 19.4 Å². The molecule has 4 aromatic rings. The van der Waals surface area contributed by atoms with Crippen LogP contribution in [0.15, 0.2) is 78.5 Å². The monoisotopic (exact) mass is 511 g/mol. The van der Waals surface area contributed by atoms with Crippen molar-refractivity contribution in [2.24, 2.45) is 0 Å². The lowest BCUT2D eigenvalue weighted by Gasteiger charge is -2.25. The number of ether oxygens (including phenoxy) is 1. The van der Waals surface area contributed by atoms with Gasteiger partial charge in [-0.05, 0) is 43.2 Å². The molecule has 2 N–H and O–H groups in total. The number of aliphatic hydroxyl groups is 1. The molecule has 0 unspecified atom stereocenters. The van der Waals surface area contributed by atoms with Gasteiger partial charge in [-0.25, -0.2) is 0 Å². The summed E-state index contributed by atoms with van der Waals surface area (Å²) in [6, 6.07) is 17.3. The molecule has 1 saturated heterocycles. The van der Waals surface area contributed by atoms with Crippen molar-refractivity contribution >= 4 is 34.0 Å². The third-order valence-electron chi connectivity index (χ3n) is 6.89. The van der Waals surface area contributed by atoms with Crippen LogP contribution in [0.25, 0.3) is 16.7 Å². The molecule has 0 aliphatic carbocycles. The lowest BCUT2D eigenvalue weighted by atomic mass is 9.94. The lowest BCUT2D eigenvalue weighted by Crippen LogP contribution is -2.32. The molecule has 9 nitrogen and oxygen atoms in total. The van der Waals surface area contributed by atoms with Gasteiger partial charge in [0.2, 0.25) is 0 Å². The molecule has 1 aromatic heterocycles. The number of likely N-dealkylation sites (tertiary alicyclic amines) is 1. The predicted molar refractivity (Wildman–Crippen MR) is 142 cm³/mol. The smallest absolute Gasteiger partial charge is 0.295 e. The molecule has 0 saturated carbocycles. The quantitative estimate of drug-likeness (QED) is 0.117. The molecular weight excluding hydrogens is 486 g/mol. The summed E-state index contributed by atoms with van der Waals surface area (Å²) in [5.41, 5.74) is 2.82. The molecular formula is C29H25N3O6. The number of carbonyl (C=O) groups is 2. The van der Waals surface area contributed by atoms with Crippen LogP contribution in [-0.4, -0.2) is 45.3 Å². The van der Waals surface area contributed by atoms with Crippen molar-refractivity contribution in [3.05, 3.63) is 111 Å². The second-order valence-electron chi connectivity index (χ2n) is 9.15. The SMILES string of the molecule is COc1ccc2[nH]cc(CCN3C(=O)C(=O)C(=C(O)c4ccc(C)cc4)[C@@H]3c3ccccc3[N+](=O)[O-])c2c1. The van der Waals surface area contributed by atoms with Crippen molar-refractivity contribution in [2.75, 3.05) is 13.7 Å². The summed E-state index contributed by atoms with van der Waals surface area (Å²) in [5, 5.41) is 24.0. The van der Waals surface area contributed by atoms with Gasteiger partial charge in [-0.1, -0.05) is 42.0 Å². The average molecular weight is 512 g/mol. The molecule has 0 radical (unpaired) electrons. The Kier molecular flexibility index (Phi) is 6.42. The van der Waals surface area contributed by atoms with Crippen LogP contribution in [0.2, 0.25) is 0 Å². The molecule has 3 aromatic carbocycles. The number of aryl methyl sites for hydroxylation is 1. The average Bonchev–Trinajstić information content (AvgIpc) is 3.44. The minimum atomic E-state index is -1.13. The van der Waals surface area contributed by atoms with Crippen molar-refractivity contribution in [3.8, 4) is 5.75 Å². The van der Waals surface area contributed by atoms with Crippen LogP contribution in [0.1, 0.15) is 28.3 Å². The van der Waals surface area contributed by atoms with Gasteiger partial charge in [-0.15, -0.1) is 0 Å². The largest absolute Gasteiger partial charge is 0.507 e. The summed E-state index contributed by atoms with van der Waals surface area (Å²) in [5.74, 6) is -1.39. The number of Topliss-reactive ketones (excluding diaryl/α,β-unsaturated/α-hetero) is 1. The lowest BCUT2D eigenvalue weighted by molar-refractivity contribution is -0.385. The predicted octanol–water partition coefficient (Wildman–Crippen LogP) is 5.06. The Balaban J connectivity index is 1.60. The number of nitro groups is 1. The fourth-order valence-corrected chi connectivity index (χ4v) is 4.92. The number of ketones is 1. The van der Waals surface area contributed by atoms with Gasteiger partial charge in [0.05, 0.1) is 29.2 Å². The highest BCUT2D eigenvalue weighted by Crippen LogP contribution is 2.42. The van der Waals surface area contributed by atoms with E-state index in [1.54, 1.807) is 37.4 Å². The van der Waals surface area contributed by atoms with Gasteiger partial charge in [0, 0.05) is 35.3 Å². The van der Waals surface area contributed by atoms with Crippen molar-refractivity contribution in [1.29, 1.82) is 0 Å². The Labute approximate surface area is 218 Å². The second kappa shape index (κ2) is 9.85. The van der Waals surface area contributed by atoms with Gasteiger partial charge >= 0.3 is 0 Å². The minimum absolute atomic E-state index is 0.0934. The number of fused-ring (bicyclic) bond motifs is 1. The molecule has 2 heterocycles. The maximum absolute atomic E-state index is 13.3. The Morgan fingerprint density at radius 3 is 2.55 bits per heavy atom. The molecule has 192 valence electrons. The molecule has 5 rings (SSSR count). The molecule has 1 aliphatic rings. The Morgan fingerprint density at radius 1 is 1.11 bits per heavy atom.